The summed E-state index contributed by atoms with van der Waals surface area (Å²) >= 11 is 2.65. The fourth-order valence-electron chi connectivity index (χ4n) is 2.34. The maximum atomic E-state index is 2.65. The van der Waals surface area contributed by atoms with Gasteiger partial charge in [0.05, 0.1) is 0 Å². The maximum Gasteiger partial charge on any atom is 0.0166 e. The Labute approximate surface area is 70.5 Å². The predicted octanol–water partition coefficient (Wildman–Crippen LogP) is 2.86. The summed E-state index contributed by atoms with van der Waals surface area (Å²) < 4.78 is 1.02. The molecule has 0 aromatic carbocycles. The quantitative estimate of drug-likeness (QED) is 0.448. The molecule has 4 unspecified atom stereocenters. The molecule has 2 aliphatic carbocycles. The Kier molecular flexibility index (Phi) is 1.51. The molecule has 2 rings (SSSR count). The highest BCUT2D eigenvalue weighted by atomic mass is 127. The second-order valence-corrected chi connectivity index (χ2v) is 5.10. The third-order valence-corrected chi connectivity index (χ3v) is 5.25. The molecule has 0 spiro atoms. The third kappa shape index (κ3) is 0.837. The fraction of sp³-hybridized carbons (Fsp3) is 1.00. The summed E-state index contributed by atoms with van der Waals surface area (Å²) in [5.74, 6) is 3.28. The SMILES string of the molecule is CC1CC2CCC2C1I. The minimum atomic E-state index is 1.02. The first-order valence-electron chi connectivity index (χ1n) is 3.93. The van der Waals surface area contributed by atoms with Crippen molar-refractivity contribution in [1.82, 2.24) is 0 Å². The summed E-state index contributed by atoms with van der Waals surface area (Å²) in [5, 5.41) is 0. The molecular formula is C8H13I. The van der Waals surface area contributed by atoms with Crippen LogP contribution in [0.4, 0.5) is 0 Å². The van der Waals surface area contributed by atoms with E-state index in [9.17, 15) is 0 Å². The van der Waals surface area contributed by atoms with E-state index in [2.05, 4.69) is 29.5 Å². The molecule has 0 aromatic rings. The van der Waals surface area contributed by atoms with Crippen LogP contribution in [-0.2, 0) is 0 Å². The van der Waals surface area contributed by atoms with Gasteiger partial charge in [-0.15, -0.1) is 0 Å². The van der Waals surface area contributed by atoms with Crippen LogP contribution < -0.4 is 0 Å². The molecule has 0 heterocycles. The minimum Gasteiger partial charge on any atom is -0.0820 e. The number of fused-ring (bicyclic) bond motifs is 1. The molecule has 4 atom stereocenters. The van der Waals surface area contributed by atoms with Crippen molar-refractivity contribution in [2.24, 2.45) is 17.8 Å². The van der Waals surface area contributed by atoms with Crippen LogP contribution in [-0.4, -0.2) is 3.92 Å². The van der Waals surface area contributed by atoms with Crippen molar-refractivity contribution >= 4 is 22.6 Å². The summed E-state index contributed by atoms with van der Waals surface area (Å²) in [6.07, 6.45) is 4.59. The number of alkyl halides is 1. The van der Waals surface area contributed by atoms with Crippen LogP contribution >= 0.6 is 22.6 Å². The number of rotatable bonds is 0. The van der Waals surface area contributed by atoms with E-state index in [1.807, 2.05) is 0 Å². The van der Waals surface area contributed by atoms with Crippen molar-refractivity contribution < 1.29 is 0 Å². The summed E-state index contributed by atoms with van der Waals surface area (Å²) in [4.78, 5) is 0. The smallest absolute Gasteiger partial charge is 0.0166 e. The van der Waals surface area contributed by atoms with Crippen LogP contribution in [0.15, 0.2) is 0 Å². The topological polar surface area (TPSA) is 0 Å². The largest absolute Gasteiger partial charge is 0.0820 e. The monoisotopic (exact) mass is 236 g/mol. The fourth-order valence-corrected chi connectivity index (χ4v) is 3.58. The van der Waals surface area contributed by atoms with E-state index in [-0.39, 0.29) is 0 Å². The van der Waals surface area contributed by atoms with Gasteiger partial charge in [0.25, 0.3) is 0 Å². The summed E-state index contributed by atoms with van der Waals surface area (Å²) in [7, 11) is 0. The Bertz CT molecular complexity index is 118. The van der Waals surface area contributed by atoms with Gasteiger partial charge in [0.15, 0.2) is 0 Å². The van der Waals surface area contributed by atoms with Crippen molar-refractivity contribution in [2.45, 2.75) is 30.1 Å². The summed E-state index contributed by atoms with van der Waals surface area (Å²) in [5.41, 5.74) is 0. The normalized spacial score (nSPS) is 56.7. The molecular weight excluding hydrogens is 223 g/mol. The molecule has 52 valence electrons. The van der Waals surface area contributed by atoms with Gasteiger partial charge in [-0.2, -0.15) is 0 Å². The first-order chi connectivity index (χ1) is 4.29. The van der Waals surface area contributed by atoms with Gasteiger partial charge in [0.2, 0.25) is 0 Å². The van der Waals surface area contributed by atoms with E-state index in [4.69, 9.17) is 0 Å². The van der Waals surface area contributed by atoms with Crippen molar-refractivity contribution in [2.75, 3.05) is 0 Å². The zero-order valence-corrected chi connectivity index (χ0v) is 7.97. The Morgan fingerprint density at radius 3 is 2.33 bits per heavy atom. The highest BCUT2D eigenvalue weighted by Gasteiger charge is 2.44. The first-order valence-corrected chi connectivity index (χ1v) is 5.17. The molecule has 2 fully saturated rings. The van der Waals surface area contributed by atoms with Crippen molar-refractivity contribution in [3.8, 4) is 0 Å². The van der Waals surface area contributed by atoms with Gasteiger partial charge in [0, 0.05) is 3.92 Å². The lowest BCUT2D eigenvalue weighted by Gasteiger charge is -2.31. The predicted molar refractivity (Wildman–Crippen MR) is 47.8 cm³/mol. The van der Waals surface area contributed by atoms with Crippen LogP contribution in [0.2, 0.25) is 0 Å². The van der Waals surface area contributed by atoms with Crippen LogP contribution in [0.3, 0.4) is 0 Å². The first kappa shape index (κ1) is 6.44. The van der Waals surface area contributed by atoms with E-state index in [1.54, 1.807) is 0 Å². The molecule has 0 nitrogen and oxygen atoms in total. The van der Waals surface area contributed by atoms with E-state index < -0.39 is 0 Å². The molecule has 0 N–H and O–H groups in total. The minimum absolute atomic E-state index is 1.02. The molecule has 1 heteroatoms. The number of hydrogen-bond acceptors (Lipinski definition) is 0. The van der Waals surface area contributed by atoms with Gasteiger partial charge in [-0.1, -0.05) is 29.5 Å². The van der Waals surface area contributed by atoms with Crippen molar-refractivity contribution in [1.29, 1.82) is 0 Å². The summed E-state index contributed by atoms with van der Waals surface area (Å²) in [6, 6.07) is 0. The van der Waals surface area contributed by atoms with Gasteiger partial charge in [-0.3, -0.25) is 0 Å². The lowest BCUT2D eigenvalue weighted by Crippen LogP contribution is -2.25. The standard InChI is InChI=1S/C8H13I/c1-5-4-6-2-3-7(6)8(5)9/h5-8H,2-4H2,1H3. The van der Waals surface area contributed by atoms with E-state index in [0.717, 1.165) is 21.7 Å². The Balaban J connectivity index is 2.07. The molecule has 0 bridgehead atoms. The molecule has 2 aliphatic rings. The van der Waals surface area contributed by atoms with Gasteiger partial charge >= 0.3 is 0 Å². The second kappa shape index (κ2) is 2.11. The second-order valence-electron chi connectivity index (χ2n) is 3.66. The zero-order chi connectivity index (χ0) is 6.43. The highest BCUT2D eigenvalue weighted by molar-refractivity contribution is 14.1. The molecule has 2 saturated carbocycles. The summed E-state index contributed by atoms with van der Waals surface area (Å²) in [6.45, 7) is 2.41. The molecule has 0 aromatic heterocycles. The average Bonchev–Trinajstić information content (AvgIpc) is 1.92. The Morgan fingerprint density at radius 2 is 2.11 bits per heavy atom. The number of hydrogen-bond donors (Lipinski definition) is 0. The van der Waals surface area contributed by atoms with Crippen LogP contribution in [0.25, 0.3) is 0 Å². The molecule has 0 amide bonds. The van der Waals surface area contributed by atoms with Gasteiger partial charge in [-0.25, -0.2) is 0 Å². The van der Waals surface area contributed by atoms with E-state index in [0.29, 0.717) is 0 Å². The van der Waals surface area contributed by atoms with Crippen molar-refractivity contribution in [3.05, 3.63) is 0 Å². The molecule has 0 aliphatic heterocycles. The Morgan fingerprint density at radius 1 is 1.33 bits per heavy atom. The van der Waals surface area contributed by atoms with Gasteiger partial charge in [0.1, 0.15) is 0 Å². The highest BCUT2D eigenvalue weighted by Crippen LogP contribution is 2.52. The van der Waals surface area contributed by atoms with E-state index >= 15 is 0 Å². The maximum absolute atomic E-state index is 2.65. The molecule has 0 radical (unpaired) electrons. The van der Waals surface area contributed by atoms with Crippen LogP contribution in [0.5, 0.6) is 0 Å². The van der Waals surface area contributed by atoms with Gasteiger partial charge < -0.3 is 0 Å². The van der Waals surface area contributed by atoms with E-state index in [1.165, 1.54) is 19.3 Å². The molecule has 0 saturated heterocycles. The van der Waals surface area contributed by atoms with Crippen LogP contribution in [0, 0.1) is 17.8 Å². The van der Waals surface area contributed by atoms with Crippen LogP contribution in [0.1, 0.15) is 26.2 Å². The lowest BCUT2D eigenvalue weighted by atomic mass is 9.76. The number of halogens is 1. The average molecular weight is 236 g/mol. The zero-order valence-electron chi connectivity index (χ0n) is 5.81. The molecule has 9 heavy (non-hydrogen) atoms. The van der Waals surface area contributed by atoms with Gasteiger partial charge in [-0.05, 0) is 37.0 Å². The Hall–Kier alpha value is 0.730. The third-order valence-electron chi connectivity index (χ3n) is 3.10. The van der Waals surface area contributed by atoms with Crippen molar-refractivity contribution in [3.63, 3.8) is 0 Å². The lowest BCUT2D eigenvalue weighted by molar-refractivity contribution is 0.226.